The Hall–Kier alpha value is -1.20. The number of piperidine rings is 1. The number of hydrogen-bond donors (Lipinski definition) is 2. The van der Waals surface area contributed by atoms with Crippen molar-refractivity contribution in [1.82, 2.24) is 15.3 Å². The van der Waals surface area contributed by atoms with Gasteiger partial charge in [0, 0.05) is 12.5 Å². The van der Waals surface area contributed by atoms with E-state index in [0.29, 0.717) is 23.3 Å². The van der Waals surface area contributed by atoms with Crippen molar-refractivity contribution in [3.05, 3.63) is 17.5 Å². The zero-order valence-corrected chi connectivity index (χ0v) is 10.9. The summed E-state index contributed by atoms with van der Waals surface area (Å²) in [4.78, 5) is 19.4. The molecule has 5 nitrogen and oxygen atoms in total. The normalized spacial score (nSPS) is 19.5. The fourth-order valence-corrected chi connectivity index (χ4v) is 2.26. The highest BCUT2D eigenvalue weighted by Gasteiger charge is 2.14. The van der Waals surface area contributed by atoms with E-state index in [1.807, 2.05) is 0 Å². The Labute approximate surface area is 111 Å². The van der Waals surface area contributed by atoms with Gasteiger partial charge in [0.15, 0.2) is 0 Å². The van der Waals surface area contributed by atoms with Crippen molar-refractivity contribution in [2.24, 2.45) is 5.92 Å². The van der Waals surface area contributed by atoms with E-state index >= 15 is 0 Å². The summed E-state index contributed by atoms with van der Waals surface area (Å²) in [6, 6.07) is 1.54. The molecule has 1 aliphatic heterocycles. The van der Waals surface area contributed by atoms with Gasteiger partial charge < -0.3 is 10.6 Å². The predicted octanol–water partition coefficient (Wildman–Crippen LogP) is 1.85. The lowest BCUT2D eigenvalue weighted by atomic mass is 9.94. The third-order valence-corrected chi connectivity index (χ3v) is 3.29. The topological polar surface area (TPSA) is 66.9 Å². The van der Waals surface area contributed by atoms with Gasteiger partial charge in [0.25, 0.3) is 0 Å². The summed E-state index contributed by atoms with van der Waals surface area (Å²) in [6.45, 7) is 2.12. The second kappa shape index (κ2) is 6.66. The summed E-state index contributed by atoms with van der Waals surface area (Å²) in [6.07, 6.45) is 5.18. The molecule has 0 aliphatic carbocycles. The summed E-state index contributed by atoms with van der Waals surface area (Å²) in [5.41, 5.74) is 0. The van der Waals surface area contributed by atoms with Crippen LogP contribution in [0.25, 0.3) is 0 Å². The first-order valence-electron chi connectivity index (χ1n) is 6.22. The van der Waals surface area contributed by atoms with Crippen molar-refractivity contribution < 1.29 is 4.79 Å². The molecule has 1 aromatic rings. The molecule has 1 saturated heterocycles. The molecule has 1 amide bonds. The summed E-state index contributed by atoms with van der Waals surface area (Å²) in [5.74, 6) is 1.05. The minimum Gasteiger partial charge on any atom is -0.316 e. The van der Waals surface area contributed by atoms with E-state index in [0.717, 1.165) is 19.5 Å². The van der Waals surface area contributed by atoms with Crippen molar-refractivity contribution in [2.45, 2.75) is 25.7 Å². The number of rotatable bonds is 4. The average molecular weight is 269 g/mol. The van der Waals surface area contributed by atoms with Crippen molar-refractivity contribution in [1.29, 1.82) is 0 Å². The Morgan fingerprint density at radius 1 is 1.56 bits per heavy atom. The van der Waals surface area contributed by atoms with Gasteiger partial charge in [-0.2, -0.15) is 0 Å². The quantitative estimate of drug-likeness (QED) is 0.818. The van der Waals surface area contributed by atoms with Crippen LogP contribution in [0.15, 0.2) is 12.4 Å². The molecule has 1 fully saturated rings. The number of aromatic nitrogens is 2. The first-order valence-corrected chi connectivity index (χ1v) is 6.60. The number of carbonyl (C=O) groups excluding carboxylic acids is 1. The SMILES string of the molecule is O=C(CCC1CCCNC1)Nc1cc(Cl)ncn1. The van der Waals surface area contributed by atoms with E-state index in [1.165, 1.54) is 19.2 Å². The zero-order valence-electron chi connectivity index (χ0n) is 10.2. The fraction of sp³-hybridized carbons (Fsp3) is 0.583. The van der Waals surface area contributed by atoms with E-state index in [9.17, 15) is 4.79 Å². The van der Waals surface area contributed by atoms with E-state index in [-0.39, 0.29) is 5.91 Å². The molecular formula is C12H17ClN4O. The largest absolute Gasteiger partial charge is 0.316 e. The van der Waals surface area contributed by atoms with Crippen molar-refractivity contribution in [3.63, 3.8) is 0 Å². The highest BCUT2D eigenvalue weighted by Crippen LogP contribution is 2.16. The average Bonchev–Trinajstić information content (AvgIpc) is 2.38. The van der Waals surface area contributed by atoms with Gasteiger partial charge in [-0.05, 0) is 38.3 Å². The number of nitrogens with zero attached hydrogens (tertiary/aromatic N) is 2. The van der Waals surface area contributed by atoms with Crippen molar-refractivity contribution in [2.75, 3.05) is 18.4 Å². The smallest absolute Gasteiger partial charge is 0.225 e. The van der Waals surface area contributed by atoms with Gasteiger partial charge >= 0.3 is 0 Å². The third kappa shape index (κ3) is 4.23. The second-order valence-electron chi connectivity index (χ2n) is 4.53. The number of amides is 1. The van der Waals surface area contributed by atoms with Crippen LogP contribution in [0.2, 0.25) is 5.15 Å². The highest BCUT2D eigenvalue weighted by atomic mass is 35.5. The van der Waals surface area contributed by atoms with Gasteiger partial charge in [0.2, 0.25) is 5.91 Å². The lowest BCUT2D eigenvalue weighted by molar-refractivity contribution is -0.116. The molecule has 18 heavy (non-hydrogen) atoms. The molecule has 2 heterocycles. The number of carbonyl (C=O) groups is 1. The van der Waals surface area contributed by atoms with Gasteiger partial charge in [0.05, 0.1) is 0 Å². The molecule has 6 heteroatoms. The van der Waals surface area contributed by atoms with Crippen LogP contribution < -0.4 is 10.6 Å². The minimum absolute atomic E-state index is 0.0182. The maximum Gasteiger partial charge on any atom is 0.225 e. The molecule has 2 N–H and O–H groups in total. The van der Waals surface area contributed by atoms with Crippen LogP contribution in [-0.2, 0) is 4.79 Å². The van der Waals surface area contributed by atoms with Gasteiger partial charge in [0.1, 0.15) is 17.3 Å². The Morgan fingerprint density at radius 3 is 3.17 bits per heavy atom. The minimum atomic E-state index is -0.0182. The predicted molar refractivity (Wildman–Crippen MR) is 70.5 cm³/mol. The molecule has 1 aliphatic rings. The van der Waals surface area contributed by atoms with Gasteiger partial charge in [-0.25, -0.2) is 9.97 Å². The molecule has 0 spiro atoms. The van der Waals surface area contributed by atoms with Crippen LogP contribution in [0.4, 0.5) is 5.82 Å². The van der Waals surface area contributed by atoms with E-state index in [1.54, 1.807) is 6.07 Å². The molecule has 2 rings (SSSR count). The summed E-state index contributed by atoms with van der Waals surface area (Å²) in [7, 11) is 0. The molecule has 0 saturated carbocycles. The zero-order chi connectivity index (χ0) is 12.8. The van der Waals surface area contributed by atoms with Crippen LogP contribution in [0.1, 0.15) is 25.7 Å². The van der Waals surface area contributed by atoms with Crippen molar-refractivity contribution >= 4 is 23.3 Å². The van der Waals surface area contributed by atoms with Gasteiger partial charge in [-0.3, -0.25) is 4.79 Å². The Morgan fingerprint density at radius 2 is 2.44 bits per heavy atom. The fourth-order valence-electron chi connectivity index (χ4n) is 2.11. The maximum atomic E-state index is 11.7. The van der Waals surface area contributed by atoms with Gasteiger partial charge in [-0.1, -0.05) is 11.6 Å². The lowest BCUT2D eigenvalue weighted by Crippen LogP contribution is -2.30. The highest BCUT2D eigenvalue weighted by molar-refractivity contribution is 6.29. The Kier molecular flexibility index (Phi) is 4.90. The molecule has 98 valence electrons. The van der Waals surface area contributed by atoms with E-state index in [2.05, 4.69) is 20.6 Å². The molecule has 1 aromatic heterocycles. The lowest BCUT2D eigenvalue weighted by Gasteiger charge is -2.22. The third-order valence-electron chi connectivity index (χ3n) is 3.08. The number of nitrogens with one attached hydrogen (secondary N) is 2. The molecule has 0 bridgehead atoms. The summed E-state index contributed by atoms with van der Waals surface area (Å²) < 4.78 is 0. The molecule has 0 aromatic carbocycles. The Bertz CT molecular complexity index is 407. The second-order valence-corrected chi connectivity index (χ2v) is 4.91. The Balaban J connectivity index is 1.74. The summed E-state index contributed by atoms with van der Waals surface area (Å²) in [5, 5.41) is 6.40. The molecular weight excluding hydrogens is 252 g/mol. The van der Waals surface area contributed by atoms with E-state index in [4.69, 9.17) is 11.6 Å². The number of anilines is 1. The van der Waals surface area contributed by atoms with Gasteiger partial charge in [-0.15, -0.1) is 0 Å². The monoisotopic (exact) mass is 268 g/mol. The standard InChI is InChI=1S/C12H17ClN4O/c13-10-6-11(16-8-15-10)17-12(18)4-3-9-2-1-5-14-7-9/h6,8-9,14H,1-5,7H2,(H,15,16,17,18). The van der Waals surface area contributed by atoms with Crippen LogP contribution in [0, 0.1) is 5.92 Å². The molecule has 0 radical (unpaired) electrons. The first kappa shape index (κ1) is 13.2. The van der Waals surface area contributed by atoms with Crippen LogP contribution >= 0.6 is 11.6 Å². The number of hydrogen-bond acceptors (Lipinski definition) is 4. The van der Waals surface area contributed by atoms with Crippen molar-refractivity contribution in [3.8, 4) is 0 Å². The van der Waals surface area contributed by atoms with Crippen LogP contribution in [-0.4, -0.2) is 29.0 Å². The van der Waals surface area contributed by atoms with Crippen LogP contribution in [0.5, 0.6) is 0 Å². The molecule has 1 unspecified atom stereocenters. The maximum absolute atomic E-state index is 11.7. The molecule has 1 atom stereocenters. The summed E-state index contributed by atoms with van der Waals surface area (Å²) >= 11 is 5.72. The van der Waals surface area contributed by atoms with Crippen LogP contribution in [0.3, 0.4) is 0 Å². The van der Waals surface area contributed by atoms with E-state index < -0.39 is 0 Å². The number of halogens is 1. The first-order chi connectivity index (χ1) is 8.74.